The Morgan fingerprint density at radius 3 is 3.00 bits per heavy atom. The van der Waals surface area contributed by atoms with Crippen LogP contribution in [0.15, 0.2) is 30.6 Å². The maximum Gasteiger partial charge on any atom is 0.252 e. The Bertz CT molecular complexity index is 594. The van der Waals surface area contributed by atoms with Gasteiger partial charge in [-0.1, -0.05) is 12.1 Å². The Balaban J connectivity index is 1.93. The lowest BCUT2D eigenvalue weighted by molar-refractivity contribution is 0.0951. The summed E-state index contributed by atoms with van der Waals surface area (Å²) in [5.41, 5.74) is 8.00. The van der Waals surface area contributed by atoms with Gasteiger partial charge in [0.05, 0.1) is 24.0 Å². The number of nitrogens with one attached hydrogen (secondary N) is 1. The number of carbonyl (C=O) groups excluding carboxylic acids is 1. The van der Waals surface area contributed by atoms with Crippen molar-refractivity contribution >= 4 is 34.2 Å². The second kappa shape index (κ2) is 6.05. The third-order valence-corrected chi connectivity index (χ3v) is 4.15. The molecule has 0 saturated heterocycles. The van der Waals surface area contributed by atoms with Crippen molar-refractivity contribution in [1.29, 1.82) is 0 Å². The number of amides is 1. The van der Waals surface area contributed by atoms with E-state index < -0.39 is 0 Å². The van der Waals surface area contributed by atoms with Crippen molar-refractivity contribution in [3.05, 3.63) is 45.3 Å². The normalized spacial score (nSPS) is 10.4. The standard InChI is InChI=1S/C13H15IN4O/c1-9-3-2-4-11(12(9)14)13(19)16-5-6-18-8-10(15)7-17-18/h2-4,7-8H,5-6,15H2,1H3,(H,16,19). The minimum Gasteiger partial charge on any atom is -0.396 e. The highest BCUT2D eigenvalue weighted by molar-refractivity contribution is 14.1. The Labute approximate surface area is 125 Å². The number of benzene rings is 1. The minimum atomic E-state index is -0.0618. The number of nitrogens with two attached hydrogens (primary N) is 1. The Hall–Kier alpha value is -1.57. The zero-order valence-corrected chi connectivity index (χ0v) is 12.7. The molecule has 1 heterocycles. The number of rotatable bonds is 4. The average molecular weight is 370 g/mol. The molecule has 6 heteroatoms. The molecule has 19 heavy (non-hydrogen) atoms. The molecule has 0 unspecified atom stereocenters. The summed E-state index contributed by atoms with van der Waals surface area (Å²) in [4.78, 5) is 12.0. The van der Waals surface area contributed by atoms with Crippen LogP contribution in [0, 0.1) is 10.5 Å². The van der Waals surface area contributed by atoms with Crippen molar-refractivity contribution in [3.8, 4) is 0 Å². The predicted octanol–water partition coefficient (Wildman–Crippen LogP) is 1.81. The van der Waals surface area contributed by atoms with Crippen molar-refractivity contribution in [2.45, 2.75) is 13.5 Å². The number of nitrogens with zero attached hydrogens (tertiary/aromatic N) is 2. The van der Waals surface area contributed by atoms with Crippen molar-refractivity contribution in [3.63, 3.8) is 0 Å². The number of aryl methyl sites for hydroxylation is 1. The van der Waals surface area contributed by atoms with E-state index in [0.29, 0.717) is 24.3 Å². The Kier molecular flexibility index (Phi) is 4.41. The van der Waals surface area contributed by atoms with E-state index in [0.717, 1.165) is 9.13 Å². The number of hydrogen-bond acceptors (Lipinski definition) is 3. The predicted molar refractivity (Wildman–Crippen MR) is 82.9 cm³/mol. The lowest BCUT2D eigenvalue weighted by atomic mass is 10.1. The first-order valence-corrected chi connectivity index (χ1v) is 6.97. The highest BCUT2D eigenvalue weighted by Crippen LogP contribution is 2.16. The molecular formula is C13H15IN4O. The van der Waals surface area contributed by atoms with Crippen LogP contribution in [-0.2, 0) is 6.54 Å². The third-order valence-electron chi connectivity index (χ3n) is 2.72. The molecule has 2 rings (SSSR count). The number of hydrogen-bond donors (Lipinski definition) is 2. The average Bonchev–Trinajstić information content (AvgIpc) is 2.78. The van der Waals surface area contributed by atoms with Gasteiger partial charge in [0.1, 0.15) is 0 Å². The van der Waals surface area contributed by atoms with Crippen LogP contribution < -0.4 is 11.1 Å². The van der Waals surface area contributed by atoms with E-state index in [2.05, 4.69) is 33.0 Å². The summed E-state index contributed by atoms with van der Waals surface area (Å²) in [5, 5.41) is 6.94. The summed E-state index contributed by atoms with van der Waals surface area (Å²) in [6.07, 6.45) is 3.33. The number of nitrogen functional groups attached to an aromatic ring is 1. The van der Waals surface area contributed by atoms with Gasteiger partial charge in [0.2, 0.25) is 0 Å². The van der Waals surface area contributed by atoms with Crippen molar-refractivity contribution in [1.82, 2.24) is 15.1 Å². The summed E-state index contributed by atoms with van der Waals surface area (Å²) in [5.74, 6) is -0.0618. The number of anilines is 1. The zero-order valence-electron chi connectivity index (χ0n) is 10.6. The van der Waals surface area contributed by atoms with Crippen LogP contribution in [0.3, 0.4) is 0 Å². The first kappa shape index (κ1) is 13.9. The fraction of sp³-hybridized carbons (Fsp3) is 0.231. The summed E-state index contributed by atoms with van der Waals surface area (Å²) < 4.78 is 2.69. The monoisotopic (exact) mass is 370 g/mol. The second-order valence-electron chi connectivity index (χ2n) is 4.23. The molecule has 1 aromatic carbocycles. The molecule has 0 spiro atoms. The van der Waals surface area contributed by atoms with Crippen LogP contribution in [0.5, 0.6) is 0 Å². The molecular weight excluding hydrogens is 355 g/mol. The molecule has 100 valence electrons. The SMILES string of the molecule is Cc1cccc(C(=O)NCCn2cc(N)cn2)c1I. The molecule has 0 saturated carbocycles. The van der Waals surface area contributed by atoms with Crippen LogP contribution in [0.1, 0.15) is 15.9 Å². The van der Waals surface area contributed by atoms with E-state index in [1.807, 2.05) is 25.1 Å². The van der Waals surface area contributed by atoms with E-state index in [4.69, 9.17) is 5.73 Å². The van der Waals surface area contributed by atoms with Gasteiger partial charge in [-0.2, -0.15) is 5.10 Å². The van der Waals surface area contributed by atoms with Gasteiger partial charge in [-0.25, -0.2) is 0 Å². The lowest BCUT2D eigenvalue weighted by Gasteiger charge is -2.08. The number of carbonyl (C=O) groups is 1. The van der Waals surface area contributed by atoms with Crippen molar-refractivity contribution < 1.29 is 4.79 Å². The highest BCUT2D eigenvalue weighted by atomic mass is 127. The Morgan fingerprint density at radius 1 is 1.53 bits per heavy atom. The topological polar surface area (TPSA) is 72.9 Å². The molecule has 0 aliphatic heterocycles. The fourth-order valence-electron chi connectivity index (χ4n) is 1.70. The molecule has 1 amide bonds. The van der Waals surface area contributed by atoms with Crippen LogP contribution in [0.2, 0.25) is 0 Å². The molecule has 0 bridgehead atoms. The molecule has 0 aliphatic carbocycles. The Morgan fingerprint density at radius 2 is 2.32 bits per heavy atom. The second-order valence-corrected chi connectivity index (χ2v) is 5.31. The molecule has 0 atom stereocenters. The quantitative estimate of drug-likeness (QED) is 0.807. The third kappa shape index (κ3) is 3.46. The lowest BCUT2D eigenvalue weighted by Crippen LogP contribution is -2.28. The summed E-state index contributed by atoms with van der Waals surface area (Å²) in [6.45, 7) is 3.11. The molecule has 0 fully saturated rings. The van der Waals surface area contributed by atoms with Crippen LogP contribution >= 0.6 is 22.6 Å². The van der Waals surface area contributed by atoms with Crippen LogP contribution in [-0.4, -0.2) is 22.2 Å². The summed E-state index contributed by atoms with van der Waals surface area (Å²) in [6, 6.07) is 5.71. The maximum atomic E-state index is 12.0. The first-order chi connectivity index (χ1) is 9.08. The van der Waals surface area contributed by atoms with E-state index in [1.165, 1.54) is 0 Å². The number of halogens is 1. The smallest absolute Gasteiger partial charge is 0.252 e. The summed E-state index contributed by atoms with van der Waals surface area (Å²) >= 11 is 2.19. The fourth-order valence-corrected chi connectivity index (χ4v) is 2.31. The highest BCUT2D eigenvalue weighted by Gasteiger charge is 2.10. The molecule has 1 aromatic heterocycles. The van der Waals surface area contributed by atoms with Gasteiger partial charge in [0, 0.05) is 16.3 Å². The van der Waals surface area contributed by atoms with Gasteiger partial charge in [-0.3, -0.25) is 9.48 Å². The van der Waals surface area contributed by atoms with Crippen LogP contribution in [0.4, 0.5) is 5.69 Å². The van der Waals surface area contributed by atoms with E-state index >= 15 is 0 Å². The maximum absolute atomic E-state index is 12.0. The van der Waals surface area contributed by atoms with Gasteiger partial charge >= 0.3 is 0 Å². The molecule has 2 aromatic rings. The molecule has 0 aliphatic rings. The van der Waals surface area contributed by atoms with E-state index in [1.54, 1.807) is 17.1 Å². The summed E-state index contributed by atoms with van der Waals surface area (Å²) in [7, 11) is 0. The largest absolute Gasteiger partial charge is 0.396 e. The number of aromatic nitrogens is 2. The van der Waals surface area contributed by atoms with Crippen molar-refractivity contribution in [2.75, 3.05) is 12.3 Å². The first-order valence-electron chi connectivity index (χ1n) is 5.89. The minimum absolute atomic E-state index is 0.0618. The molecule has 3 N–H and O–H groups in total. The van der Waals surface area contributed by atoms with Gasteiger partial charge in [0.25, 0.3) is 5.91 Å². The van der Waals surface area contributed by atoms with Gasteiger partial charge in [-0.05, 0) is 41.1 Å². The van der Waals surface area contributed by atoms with Gasteiger partial charge in [-0.15, -0.1) is 0 Å². The van der Waals surface area contributed by atoms with E-state index in [-0.39, 0.29) is 5.91 Å². The molecule has 5 nitrogen and oxygen atoms in total. The molecule has 0 radical (unpaired) electrons. The van der Waals surface area contributed by atoms with E-state index in [9.17, 15) is 4.79 Å². The van der Waals surface area contributed by atoms with Gasteiger partial charge < -0.3 is 11.1 Å². The van der Waals surface area contributed by atoms with Crippen LogP contribution in [0.25, 0.3) is 0 Å². The van der Waals surface area contributed by atoms with Crippen molar-refractivity contribution in [2.24, 2.45) is 0 Å². The van der Waals surface area contributed by atoms with Gasteiger partial charge in [0.15, 0.2) is 0 Å². The zero-order chi connectivity index (χ0) is 13.8.